The van der Waals surface area contributed by atoms with Crippen LogP contribution in [0, 0.1) is 6.92 Å². The minimum absolute atomic E-state index is 0.107. The molecule has 0 spiro atoms. The molecule has 0 saturated carbocycles. The van der Waals surface area contributed by atoms with E-state index < -0.39 is 50.1 Å². The Morgan fingerprint density at radius 3 is 1.87 bits per heavy atom. The number of hydrogen-bond acceptors (Lipinski definition) is 9. The summed E-state index contributed by atoms with van der Waals surface area (Å²) in [6.45, 7) is -0.617. The minimum atomic E-state index is -1.23. The van der Waals surface area contributed by atoms with Crippen molar-refractivity contribution in [2.45, 2.75) is 13.5 Å². The molecule has 0 aliphatic rings. The highest BCUT2D eigenvalue weighted by Crippen LogP contribution is 2.33. The maximum atomic E-state index is 11.4. The molecular weight excluding hydrogens is 514 g/mol. The summed E-state index contributed by atoms with van der Waals surface area (Å²) in [6, 6.07) is 11.4. The number of ether oxygens (including phenoxy) is 2. The fourth-order valence-corrected chi connectivity index (χ4v) is 3.92. The van der Waals surface area contributed by atoms with Crippen molar-refractivity contribution in [2.24, 2.45) is 0 Å². The summed E-state index contributed by atoms with van der Waals surface area (Å²) < 4.78 is 11.3. The lowest BCUT2D eigenvalue weighted by Gasteiger charge is -2.24. The van der Waals surface area contributed by atoms with Gasteiger partial charge >= 0.3 is 23.9 Å². The van der Waals surface area contributed by atoms with Crippen LogP contribution in [0.1, 0.15) is 11.3 Å². The van der Waals surface area contributed by atoms with E-state index >= 15 is 0 Å². The lowest BCUT2D eigenvalue weighted by Crippen LogP contribution is -2.34. The number of fused-ring (bicyclic) bond motifs is 1. The van der Waals surface area contributed by atoms with E-state index in [1.165, 1.54) is 13.2 Å². The standard InChI is InChI=1S/C26H27N3O10/c1-15-3-6-19(28(10-22(30)31)11-23(32)33)21(7-15)39-14-17-5-4-16-8-18(38-2)9-20(26(16)27-17)29(12-24(34)35)13-25(36)37/h3-9H,10-14H2,1-2H3,(H,30,31)(H,32,33)(H,34,35)(H,36,37). The van der Waals surface area contributed by atoms with E-state index in [0.717, 1.165) is 15.4 Å². The molecule has 206 valence electrons. The first-order valence-corrected chi connectivity index (χ1v) is 11.5. The number of hydrogen-bond donors (Lipinski definition) is 4. The first-order chi connectivity index (χ1) is 18.5. The molecule has 0 fully saturated rings. The maximum absolute atomic E-state index is 11.4. The number of aromatic nitrogens is 1. The second-order valence-electron chi connectivity index (χ2n) is 8.57. The summed E-state index contributed by atoms with van der Waals surface area (Å²) in [5.74, 6) is -4.27. The third-order valence-corrected chi connectivity index (χ3v) is 5.52. The number of carboxylic acid groups (broad SMARTS) is 4. The molecule has 13 heteroatoms. The van der Waals surface area contributed by atoms with Gasteiger partial charge in [0.2, 0.25) is 0 Å². The van der Waals surface area contributed by atoms with Gasteiger partial charge in [-0.1, -0.05) is 12.1 Å². The van der Waals surface area contributed by atoms with Crippen LogP contribution in [-0.4, -0.2) is 82.6 Å². The summed E-state index contributed by atoms with van der Waals surface area (Å²) in [5, 5.41) is 37.8. The van der Waals surface area contributed by atoms with Crippen LogP contribution in [-0.2, 0) is 25.8 Å². The number of aryl methyl sites for hydroxylation is 1. The number of carbonyl (C=O) groups is 4. The van der Waals surface area contributed by atoms with Crippen molar-refractivity contribution in [3.05, 3.63) is 53.7 Å². The highest BCUT2D eigenvalue weighted by molar-refractivity contribution is 5.95. The quantitative estimate of drug-likeness (QED) is 0.232. The average Bonchev–Trinajstić information content (AvgIpc) is 2.84. The van der Waals surface area contributed by atoms with Crippen LogP contribution in [0.2, 0.25) is 0 Å². The Morgan fingerprint density at radius 2 is 1.33 bits per heavy atom. The van der Waals surface area contributed by atoms with Gasteiger partial charge in [-0.15, -0.1) is 0 Å². The number of aliphatic carboxylic acids is 4. The molecule has 2 aromatic carbocycles. The molecule has 0 amide bonds. The Kier molecular flexibility index (Phi) is 9.10. The van der Waals surface area contributed by atoms with Gasteiger partial charge in [-0.2, -0.15) is 0 Å². The molecule has 1 heterocycles. The van der Waals surface area contributed by atoms with Gasteiger partial charge < -0.3 is 39.7 Å². The highest BCUT2D eigenvalue weighted by Gasteiger charge is 2.21. The van der Waals surface area contributed by atoms with Gasteiger partial charge in [-0.05, 0) is 36.8 Å². The summed E-state index contributed by atoms with van der Waals surface area (Å²) >= 11 is 0. The molecule has 1 aromatic heterocycles. The van der Waals surface area contributed by atoms with Crippen LogP contribution in [0.4, 0.5) is 11.4 Å². The number of methoxy groups -OCH3 is 1. The van der Waals surface area contributed by atoms with E-state index in [4.69, 9.17) is 9.47 Å². The molecule has 0 unspecified atom stereocenters. The van der Waals surface area contributed by atoms with E-state index in [9.17, 15) is 39.6 Å². The molecule has 0 saturated heterocycles. The fraction of sp³-hybridized carbons (Fsp3) is 0.269. The van der Waals surface area contributed by atoms with Gasteiger partial charge in [0.15, 0.2) is 0 Å². The van der Waals surface area contributed by atoms with Crippen LogP contribution in [0.25, 0.3) is 10.9 Å². The molecule has 0 atom stereocenters. The Bertz CT molecular complexity index is 1380. The van der Waals surface area contributed by atoms with Gasteiger partial charge in [-0.25, -0.2) is 4.98 Å². The normalized spacial score (nSPS) is 10.6. The minimum Gasteiger partial charge on any atom is -0.497 e. The number of pyridine rings is 1. The molecule has 0 aliphatic carbocycles. The van der Waals surface area contributed by atoms with Crippen LogP contribution in [0.5, 0.6) is 11.5 Å². The van der Waals surface area contributed by atoms with Gasteiger partial charge in [-0.3, -0.25) is 19.2 Å². The largest absolute Gasteiger partial charge is 0.497 e. The first-order valence-electron chi connectivity index (χ1n) is 11.5. The predicted molar refractivity (Wildman–Crippen MR) is 139 cm³/mol. The molecule has 39 heavy (non-hydrogen) atoms. The lowest BCUT2D eigenvalue weighted by atomic mass is 10.1. The number of carboxylic acids is 4. The van der Waals surface area contributed by atoms with Crippen LogP contribution in [0.15, 0.2) is 42.5 Å². The number of nitrogens with zero attached hydrogens (tertiary/aromatic N) is 3. The van der Waals surface area contributed by atoms with Crippen molar-refractivity contribution in [1.82, 2.24) is 4.98 Å². The fourth-order valence-electron chi connectivity index (χ4n) is 3.92. The molecule has 4 N–H and O–H groups in total. The molecule has 3 rings (SSSR count). The zero-order valence-electron chi connectivity index (χ0n) is 21.2. The van der Waals surface area contributed by atoms with E-state index in [2.05, 4.69) is 4.98 Å². The van der Waals surface area contributed by atoms with Gasteiger partial charge in [0, 0.05) is 11.5 Å². The van der Waals surface area contributed by atoms with Crippen molar-refractivity contribution in [3.63, 3.8) is 0 Å². The topological polar surface area (TPSA) is 187 Å². The Balaban J connectivity index is 2.01. The Morgan fingerprint density at radius 1 is 0.769 bits per heavy atom. The maximum Gasteiger partial charge on any atom is 0.323 e. The molecule has 3 aromatic rings. The molecule has 0 aliphatic heterocycles. The van der Waals surface area contributed by atoms with Crippen molar-refractivity contribution >= 4 is 46.2 Å². The van der Waals surface area contributed by atoms with E-state index in [0.29, 0.717) is 22.3 Å². The van der Waals surface area contributed by atoms with E-state index in [-0.39, 0.29) is 23.7 Å². The SMILES string of the molecule is COc1cc(N(CC(=O)O)CC(=O)O)c2nc(COc3cc(C)ccc3N(CC(=O)O)CC(=O)O)ccc2c1. The van der Waals surface area contributed by atoms with Crippen molar-refractivity contribution < 1.29 is 49.1 Å². The Hall–Kier alpha value is -5.07. The summed E-state index contributed by atoms with van der Waals surface area (Å²) in [4.78, 5) is 52.5. The predicted octanol–water partition coefficient (Wildman–Crippen LogP) is 2.08. The second kappa shape index (κ2) is 12.4. The van der Waals surface area contributed by atoms with Crippen LogP contribution in [0.3, 0.4) is 0 Å². The zero-order chi connectivity index (χ0) is 28.7. The van der Waals surface area contributed by atoms with Gasteiger partial charge in [0.05, 0.1) is 29.7 Å². The third kappa shape index (κ3) is 7.71. The van der Waals surface area contributed by atoms with Crippen LogP contribution < -0.4 is 19.3 Å². The lowest BCUT2D eigenvalue weighted by molar-refractivity contribution is -0.138. The summed E-state index contributed by atoms with van der Waals surface area (Å²) in [6.07, 6.45) is 0. The average molecular weight is 542 g/mol. The zero-order valence-corrected chi connectivity index (χ0v) is 21.2. The molecule has 0 radical (unpaired) electrons. The summed E-state index contributed by atoms with van der Waals surface area (Å²) in [7, 11) is 1.43. The van der Waals surface area contributed by atoms with Gasteiger partial charge in [0.25, 0.3) is 0 Å². The highest BCUT2D eigenvalue weighted by atomic mass is 16.5. The van der Waals surface area contributed by atoms with E-state index in [1.807, 2.05) is 0 Å². The smallest absolute Gasteiger partial charge is 0.323 e. The Labute approximate surface area is 222 Å². The number of benzene rings is 2. The van der Waals surface area contributed by atoms with Gasteiger partial charge in [0.1, 0.15) is 44.3 Å². The number of rotatable bonds is 14. The number of anilines is 2. The first kappa shape index (κ1) is 28.5. The second-order valence-corrected chi connectivity index (χ2v) is 8.57. The molecule has 13 nitrogen and oxygen atoms in total. The van der Waals surface area contributed by atoms with Crippen LogP contribution >= 0.6 is 0 Å². The molecule has 0 bridgehead atoms. The van der Waals surface area contributed by atoms with Crippen molar-refractivity contribution in [1.29, 1.82) is 0 Å². The molecular formula is C26H27N3O10. The van der Waals surface area contributed by atoms with Crippen molar-refractivity contribution in [2.75, 3.05) is 43.1 Å². The van der Waals surface area contributed by atoms with E-state index in [1.54, 1.807) is 43.3 Å². The third-order valence-electron chi connectivity index (χ3n) is 5.52. The monoisotopic (exact) mass is 541 g/mol. The summed E-state index contributed by atoms with van der Waals surface area (Å²) in [5.41, 5.74) is 2.02. The van der Waals surface area contributed by atoms with Crippen molar-refractivity contribution in [3.8, 4) is 11.5 Å².